The number of rotatable bonds is 5. The molecule has 2 aromatic carbocycles. The number of hydrogen-bond acceptors (Lipinski definition) is 2. The molecule has 0 heterocycles. The summed E-state index contributed by atoms with van der Waals surface area (Å²) in [5, 5.41) is 2.70. The Morgan fingerprint density at radius 2 is 2.00 bits per heavy atom. The lowest BCUT2D eigenvalue weighted by Gasteiger charge is -2.20. The average Bonchev–Trinajstić information content (AvgIpc) is 2.51. The molecule has 0 aromatic heterocycles. The van der Waals surface area contributed by atoms with E-state index in [0.717, 1.165) is 10.0 Å². The first kappa shape index (κ1) is 18.3. The molecule has 0 aliphatic heterocycles. The van der Waals surface area contributed by atoms with E-state index in [0.29, 0.717) is 18.0 Å². The van der Waals surface area contributed by atoms with E-state index in [2.05, 4.69) is 21.2 Å². The van der Waals surface area contributed by atoms with E-state index in [1.54, 1.807) is 7.05 Å². The van der Waals surface area contributed by atoms with Gasteiger partial charge in [-0.3, -0.25) is 0 Å². The van der Waals surface area contributed by atoms with Crippen LogP contribution in [-0.4, -0.2) is 24.1 Å². The van der Waals surface area contributed by atoms with Crippen LogP contribution >= 0.6 is 15.9 Å². The first-order valence-corrected chi connectivity index (χ1v) is 8.38. The number of urea groups is 1. The molecule has 2 rings (SSSR count). The predicted molar refractivity (Wildman–Crippen MR) is 96.8 cm³/mol. The molecule has 0 bridgehead atoms. The summed E-state index contributed by atoms with van der Waals surface area (Å²) in [5.74, 6) is 0.00362. The summed E-state index contributed by atoms with van der Waals surface area (Å²) in [4.78, 5) is 13.9. The van der Waals surface area contributed by atoms with Gasteiger partial charge in [0.1, 0.15) is 11.6 Å². The van der Waals surface area contributed by atoms with Gasteiger partial charge < -0.3 is 15.0 Å². The number of anilines is 1. The van der Waals surface area contributed by atoms with Crippen LogP contribution in [0.5, 0.6) is 5.75 Å². The van der Waals surface area contributed by atoms with Crippen molar-refractivity contribution in [1.82, 2.24) is 4.90 Å². The van der Waals surface area contributed by atoms with Crippen LogP contribution in [-0.2, 0) is 6.54 Å². The van der Waals surface area contributed by atoms with Gasteiger partial charge >= 0.3 is 6.03 Å². The standard InChI is InChI=1S/C18H20BrFN2O2/c1-12(2)24-17-9-8-14(20)10-16(17)21-18(23)22(3)11-13-6-4-5-7-15(13)19/h4-10,12H,11H2,1-3H3,(H,21,23). The second-order valence-electron chi connectivity index (χ2n) is 5.68. The van der Waals surface area contributed by atoms with Crippen LogP contribution in [0.1, 0.15) is 19.4 Å². The molecule has 0 aliphatic rings. The number of amides is 2. The zero-order valence-corrected chi connectivity index (χ0v) is 15.4. The third-order valence-electron chi connectivity index (χ3n) is 3.26. The van der Waals surface area contributed by atoms with Crippen molar-refractivity contribution in [3.63, 3.8) is 0 Å². The SMILES string of the molecule is CC(C)Oc1ccc(F)cc1NC(=O)N(C)Cc1ccccc1Br. The Bertz CT molecular complexity index is 722. The van der Waals surface area contributed by atoms with E-state index in [4.69, 9.17) is 4.74 Å². The summed E-state index contributed by atoms with van der Waals surface area (Å²) in [6, 6.07) is 11.4. The Balaban J connectivity index is 2.11. The highest BCUT2D eigenvalue weighted by atomic mass is 79.9. The maximum atomic E-state index is 13.5. The first-order chi connectivity index (χ1) is 11.4. The molecule has 4 nitrogen and oxygen atoms in total. The topological polar surface area (TPSA) is 41.6 Å². The molecule has 0 fully saturated rings. The molecule has 0 aliphatic carbocycles. The van der Waals surface area contributed by atoms with Gasteiger partial charge in [0.2, 0.25) is 0 Å². The van der Waals surface area contributed by atoms with Gasteiger partial charge in [0.05, 0.1) is 11.8 Å². The zero-order chi connectivity index (χ0) is 17.7. The van der Waals surface area contributed by atoms with Gasteiger partial charge in [-0.15, -0.1) is 0 Å². The molecule has 2 aromatic rings. The van der Waals surface area contributed by atoms with Crippen LogP contribution in [0.4, 0.5) is 14.9 Å². The number of nitrogens with zero attached hydrogens (tertiary/aromatic N) is 1. The normalized spacial score (nSPS) is 10.6. The molecule has 6 heteroatoms. The Labute approximate surface area is 149 Å². The lowest BCUT2D eigenvalue weighted by atomic mass is 10.2. The summed E-state index contributed by atoms with van der Waals surface area (Å²) in [6.07, 6.45) is -0.0795. The molecule has 0 radical (unpaired) electrons. The lowest BCUT2D eigenvalue weighted by Crippen LogP contribution is -2.31. The van der Waals surface area contributed by atoms with Crippen molar-refractivity contribution in [2.24, 2.45) is 0 Å². The number of ether oxygens (including phenoxy) is 1. The number of halogens is 2. The van der Waals surface area contributed by atoms with Crippen molar-refractivity contribution in [2.45, 2.75) is 26.5 Å². The smallest absolute Gasteiger partial charge is 0.321 e. The van der Waals surface area contributed by atoms with Crippen molar-refractivity contribution in [1.29, 1.82) is 0 Å². The van der Waals surface area contributed by atoms with E-state index >= 15 is 0 Å². The van der Waals surface area contributed by atoms with Gasteiger partial charge in [-0.05, 0) is 37.6 Å². The van der Waals surface area contributed by atoms with Crippen molar-refractivity contribution in [3.05, 3.63) is 58.3 Å². The highest BCUT2D eigenvalue weighted by Crippen LogP contribution is 2.27. The fourth-order valence-electron chi connectivity index (χ4n) is 2.12. The highest BCUT2D eigenvalue weighted by Gasteiger charge is 2.15. The number of hydrogen-bond donors (Lipinski definition) is 1. The highest BCUT2D eigenvalue weighted by molar-refractivity contribution is 9.10. The monoisotopic (exact) mass is 394 g/mol. The molecular formula is C18H20BrFN2O2. The minimum absolute atomic E-state index is 0.0795. The van der Waals surface area contributed by atoms with Crippen LogP contribution in [0.3, 0.4) is 0 Å². The predicted octanol–water partition coefficient (Wildman–Crippen LogP) is 5.04. The van der Waals surface area contributed by atoms with Crippen LogP contribution in [0.2, 0.25) is 0 Å². The van der Waals surface area contributed by atoms with Crippen molar-refractivity contribution in [3.8, 4) is 5.75 Å². The first-order valence-electron chi connectivity index (χ1n) is 7.58. The summed E-state index contributed by atoms with van der Waals surface area (Å²) < 4.78 is 20.1. The minimum Gasteiger partial charge on any atom is -0.489 e. The molecule has 0 saturated carbocycles. The van der Waals surface area contributed by atoms with Gasteiger partial charge in [-0.25, -0.2) is 9.18 Å². The van der Waals surface area contributed by atoms with Crippen LogP contribution < -0.4 is 10.1 Å². The van der Waals surface area contributed by atoms with E-state index in [-0.39, 0.29) is 12.1 Å². The van der Waals surface area contributed by atoms with E-state index in [9.17, 15) is 9.18 Å². The largest absolute Gasteiger partial charge is 0.489 e. The Hall–Kier alpha value is -2.08. The molecule has 24 heavy (non-hydrogen) atoms. The van der Waals surface area contributed by atoms with E-state index in [1.807, 2.05) is 38.1 Å². The van der Waals surface area contributed by atoms with Gasteiger partial charge in [-0.2, -0.15) is 0 Å². The molecule has 128 valence electrons. The fraction of sp³-hybridized carbons (Fsp3) is 0.278. The van der Waals surface area contributed by atoms with E-state index in [1.165, 1.54) is 23.1 Å². The van der Waals surface area contributed by atoms with Crippen LogP contribution in [0.25, 0.3) is 0 Å². The van der Waals surface area contributed by atoms with Gasteiger partial charge in [0, 0.05) is 24.1 Å². The molecule has 0 spiro atoms. The van der Waals surface area contributed by atoms with E-state index < -0.39 is 5.82 Å². The number of carbonyl (C=O) groups excluding carboxylic acids is 1. The maximum Gasteiger partial charge on any atom is 0.321 e. The van der Waals surface area contributed by atoms with Crippen molar-refractivity contribution in [2.75, 3.05) is 12.4 Å². The van der Waals surface area contributed by atoms with Crippen molar-refractivity contribution >= 4 is 27.6 Å². The third kappa shape index (κ3) is 4.96. The Kier molecular flexibility index (Phi) is 6.20. The molecule has 0 atom stereocenters. The summed E-state index contributed by atoms with van der Waals surface area (Å²) in [6.45, 7) is 4.16. The summed E-state index contributed by atoms with van der Waals surface area (Å²) in [7, 11) is 1.68. The maximum absolute atomic E-state index is 13.5. The Morgan fingerprint density at radius 1 is 1.29 bits per heavy atom. The van der Waals surface area contributed by atoms with Crippen LogP contribution in [0, 0.1) is 5.82 Å². The second kappa shape index (κ2) is 8.15. The molecule has 0 saturated heterocycles. The fourth-order valence-corrected chi connectivity index (χ4v) is 2.53. The zero-order valence-electron chi connectivity index (χ0n) is 13.8. The summed E-state index contributed by atoms with van der Waals surface area (Å²) >= 11 is 3.46. The third-order valence-corrected chi connectivity index (χ3v) is 4.03. The molecule has 2 amide bonds. The Morgan fingerprint density at radius 3 is 2.67 bits per heavy atom. The number of carbonyl (C=O) groups is 1. The van der Waals surface area contributed by atoms with Gasteiger partial charge in [0.25, 0.3) is 0 Å². The average molecular weight is 395 g/mol. The van der Waals surface area contributed by atoms with Gasteiger partial charge in [-0.1, -0.05) is 34.1 Å². The van der Waals surface area contributed by atoms with Gasteiger partial charge in [0.15, 0.2) is 0 Å². The van der Waals surface area contributed by atoms with Crippen LogP contribution in [0.15, 0.2) is 46.9 Å². The molecule has 0 unspecified atom stereocenters. The quantitative estimate of drug-likeness (QED) is 0.771. The number of nitrogens with one attached hydrogen (secondary N) is 1. The lowest BCUT2D eigenvalue weighted by molar-refractivity contribution is 0.219. The summed E-state index contributed by atoms with van der Waals surface area (Å²) in [5.41, 5.74) is 1.29. The molecular weight excluding hydrogens is 375 g/mol. The second-order valence-corrected chi connectivity index (χ2v) is 6.54. The minimum atomic E-state index is -0.435. The molecule has 1 N–H and O–H groups in total. The number of benzene rings is 2. The van der Waals surface area contributed by atoms with Crippen molar-refractivity contribution < 1.29 is 13.9 Å².